The summed E-state index contributed by atoms with van der Waals surface area (Å²) in [5.41, 5.74) is 2.77. The fourth-order valence-electron chi connectivity index (χ4n) is 3.79. The van der Waals surface area contributed by atoms with Crippen LogP contribution in [0, 0.1) is 18.3 Å². The molecule has 0 radical (unpaired) electrons. The predicted octanol–water partition coefficient (Wildman–Crippen LogP) is 2.08. The molecule has 29 heavy (non-hydrogen) atoms. The highest BCUT2D eigenvalue weighted by molar-refractivity contribution is 6.04. The Morgan fingerprint density at radius 1 is 1.07 bits per heavy atom. The molecule has 0 unspecified atom stereocenters. The van der Waals surface area contributed by atoms with Crippen molar-refractivity contribution in [1.82, 2.24) is 14.7 Å². The zero-order valence-electron chi connectivity index (χ0n) is 16.4. The molecule has 1 aliphatic rings. The summed E-state index contributed by atoms with van der Waals surface area (Å²) in [6.07, 6.45) is 0. The Hall–Kier alpha value is -3.66. The molecule has 1 fully saturated rings. The molecular formula is C22H21N5O2. The number of nitrogens with zero attached hydrogens (tertiary/aromatic N) is 5. The van der Waals surface area contributed by atoms with Crippen LogP contribution < -0.4 is 10.5 Å². The smallest absolute Gasteiger partial charge is 0.275 e. The number of carbonyl (C=O) groups excluding carboxylic acids is 1. The third-order valence-corrected chi connectivity index (χ3v) is 5.28. The Kier molecular flexibility index (Phi) is 4.77. The van der Waals surface area contributed by atoms with Crippen LogP contribution in [-0.4, -0.2) is 46.8 Å². The topological polar surface area (TPSA) is 82.2 Å². The lowest BCUT2D eigenvalue weighted by Gasteiger charge is -2.36. The van der Waals surface area contributed by atoms with E-state index in [-0.39, 0.29) is 11.5 Å². The number of hydrogen-bond donors (Lipinski definition) is 0. The zero-order valence-corrected chi connectivity index (χ0v) is 16.4. The summed E-state index contributed by atoms with van der Waals surface area (Å²) in [4.78, 5) is 29.4. The second kappa shape index (κ2) is 7.40. The van der Waals surface area contributed by atoms with Gasteiger partial charge in [0.05, 0.1) is 17.0 Å². The Labute approximate surface area is 168 Å². The molecule has 146 valence electrons. The van der Waals surface area contributed by atoms with Crippen molar-refractivity contribution in [3.8, 4) is 6.07 Å². The molecule has 2 aromatic carbocycles. The molecule has 0 bridgehead atoms. The summed E-state index contributed by atoms with van der Waals surface area (Å²) >= 11 is 0. The molecule has 0 saturated carbocycles. The van der Waals surface area contributed by atoms with Gasteiger partial charge in [-0.2, -0.15) is 10.4 Å². The predicted molar refractivity (Wildman–Crippen MR) is 111 cm³/mol. The van der Waals surface area contributed by atoms with Crippen molar-refractivity contribution in [3.63, 3.8) is 0 Å². The SMILES string of the molecule is Cc1cc(C#N)cc(N2CCN(C(=O)c3nn(C)c(=O)c4ccccc34)CC2)c1. The van der Waals surface area contributed by atoms with Crippen LogP contribution in [0.2, 0.25) is 0 Å². The van der Waals surface area contributed by atoms with E-state index in [9.17, 15) is 14.9 Å². The van der Waals surface area contributed by atoms with Crippen molar-refractivity contribution in [2.24, 2.45) is 7.05 Å². The summed E-state index contributed by atoms with van der Waals surface area (Å²) in [7, 11) is 1.56. The van der Waals surface area contributed by atoms with Crippen LogP contribution in [0.4, 0.5) is 5.69 Å². The number of anilines is 1. The third-order valence-electron chi connectivity index (χ3n) is 5.28. The molecule has 3 aromatic rings. The highest BCUT2D eigenvalue weighted by Gasteiger charge is 2.25. The number of hydrogen-bond acceptors (Lipinski definition) is 5. The number of fused-ring (bicyclic) bond motifs is 1. The van der Waals surface area contributed by atoms with Gasteiger partial charge < -0.3 is 9.80 Å². The van der Waals surface area contributed by atoms with E-state index in [1.165, 1.54) is 4.68 Å². The van der Waals surface area contributed by atoms with Crippen molar-refractivity contribution < 1.29 is 4.79 Å². The van der Waals surface area contributed by atoms with E-state index in [4.69, 9.17) is 0 Å². The van der Waals surface area contributed by atoms with Gasteiger partial charge in [-0.05, 0) is 36.8 Å². The fourth-order valence-corrected chi connectivity index (χ4v) is 3.79. The Morgan fingerprint density at radius 2 is 1.76 bits per heavy atom. The molecule has 2 heterocycles. The third kappa shape index (κ3) is 3.45. The van der Waals surface area contributed by atoms with Gasteiger partial charge in [0.15, 0.2) is 5.69 Å². The number of nitriles is 1. The van der Waals surface area contributed by atoms with E-state index in [0.717, 1.165) is 11.3 Å². The van der Waals surface area contributed by atoms with Gasteiger partial charge in [-0.15, -0.1) is 0 Å². The van der Waals surface area contributed by atoms with Gasteiger partial charge in [-0.25, -0.2) is 4.68 Å². The monoisotopic (exact) mass is 387 g/mol. The number of aryl methyl sites for hydroxylation is 2. The van der Waals surface area contributed by atoms with Crippen LogP contribution in [0.15, 0.2) is 47.3 Å². The second-order valence-electron chi connectivity index (χ2n) is 7.27. The molecule has 0 spiro atoms. The van der Waals surface area contributed by atoms with Gasteiger partial charge in [-0.3, -0.25) is 9.59 Å². The Morgan fingerprint density at radius 3 is 2.45 bits per heavy atom. The minimum Gasteiger partial charge on any atom is -0.368 e. The largest absolute Gasteiger partial charge is 0.368 e. The summed E-state index contributed by atoms with van der Waals surface area (Å²) < 4.78 is 1.22. The summed E-state index contributed by atoms with van der Waals surface area (Å²) in [6.45, 7) is 4.41. The Bertz CT molecular complexity index is 1200. The maximum Gasteiger partial charge on any atom is 0.275 e. The maximum absolute atomic E-state index is 13.2. The lowest BCUT2D eigenvalue weighted by atomic mass is 10.1. The Balaban J connectivity index is 1.57. The number of rotatable bonds is 2. The van der Waals surface area contributed by atoms with Crippen molar-refractivity contribution in [3.05, 3.63) is 69.6 Å². The fraction of sp³-hybridized carbons (Fsp3) is 0.273. The lowest BCUT2D eigenvalue weighted by molar-refractivity contribution is 0.0740. The van der Waals surface area contributed by atoms with Crippen LogP contribution in [-0.2, 0) is 7.05 Å². The molecule has 4 rings (SSSR count). The number of piperazine rings is 1. The maximum atomic E-state index is 13.2. The summed E-state index contributed by atoms with van der Waals surface area (Å²) in [5.74, 6) is -0.168. The summed E-state index contributed by atoms with van der Waals surface area (Å²) in [5, 5.41) is 14.5. The van der Waals surface area contributed by atoms with Crippen LogP contribution in [0.25, 0.3) is 10.8 Å². The number of aromatic nitrogens is 2. The first kappa shape index (κ1) is 18.7. The molecule has 0 N–H and O–H groups in total. The van der Waals surface area contributed by atoms with Gasteiger partial charge in [0, 0.05) is 44.3 Å². The number of amides is 1. The van der Waals surface area contributed by atoms with Gasteiger partial charge in [0.1, 0.15) is 0 Å². The van der Waals surface area contributed by atoms with E-state index in [1.807, 2.05) is 25.1 Å². The molecule has 1 aromatic heterocycles. The first-order chi connectivity index (χ1) is 14.0. The van der Waals surface area contributed by atoms with E-state index in [2.05, 4.69) is 22.1 Å². The van der Waals surface area contributed by atoms with E-state index < -0.39 is 0 Å². The summed E-state index contributed by atoms with van der Waals surface area (Å²) in [6, 6.07) is 15.1. The molecular weight excluding hydrogens is 366 g/mol. The molecule has 1 saturated heterocycles. The van der Waals surface area contributed by atoms with Crippen molar-refractivity contribution in [1.29, 1.82) is 5.26 Å². The molecule has 1 aliphatic heterocycles. The van der Waals surface area contributed by atoms with Crippen LogP contribution >= 0.6 is 0 Å². The molecule has 0 atom stereocenters. The second-order valence-corrected chi connectivity index (χ2v) is 7.27. The number of benzene rings is 2. The molecule has 0 aliphatic carbocycles. The van der Waals surface area contributed by atoms with Crippen molar-refractivity contribution in [2.75, 3.05) is 31.1 Å². The van der Waals surface area contributed by atoms with Gasteiger partial charge in [0.2, 0.25) is 0 Å². The molecule has 1 amide bonds. The van der Waals surface area contributed by atoms with Gasteiger partial charge in [0.25, 0.3) is 11.5 Å². The standard InChI is InChI=1S/C22H21N5O2/c1-15-11-16(14-23)13-17(12-15)26-7-9-27(10-8-26)22(29)20-18-5-3-4-6-19(18)21(28)25(2)24-20/h3-6,11-13H,7-10H2,1-2H3. The minimum absolute atomic E-state index is 0.168. The number of carbonyl (C=O) groups is 1. The van der Waals surface area contributed by atoms with E-state index in [0.29, 0.717) is 48.2 Å². The average molecular weight is 387 g/mol. The van der Waals surface area contributed by atoms with E-state index >= 15 is 0 Å². The average Bonchev–Trinajstić information content (AvgIpc) is 2.75. The van der Waals surface area contributed by atoms with Crippen LogP contribution in [0.1, 0.15) is 21.6 Å². The zero-order chi connectivity index (χ0) is 20.5. The van der Waals surface area contributed by atoms with Gasteiger partial charge in [-0.1, -0.05) is 18.2 Å². The lowest BCUT2D eigenvalue weighted by Crippen LogP contribution is -2.49. The quantitative estimate of drug-likeness (QED) is 0.672. The molecule has 7 heteroatoms. The van der Waals surface area contributed by atoms with Crippen molar-refractivity contribution >= 4 is 22.4 Å². The van der Waals surface area contributed by atoms with Crippen LogP contribution in [0.3, 0.4) is 0 Å². The highest BCUT2D eigenvalue weighted by Crippen LogP contribution is 2.22. The first-order valence-electron chi connectivity index (χ1n) is 9.50. The first-order valence-corrected chi connectivity index (χ1v) is 9.50. The normalized spacial score (nSPS) is 14.1. The van der Waals surface area contributed by atoms with E-state index in [1.54, 1.807) is 30.1 Å². The highest BCUT2D eigenvalue weighted by atomic mass is 16.2. The van der Waals surface area contributed by atoms with Crippen LogP contribution in [0.5, 0.6) is 0 Å². The molecule has 7 nitrogen and oxygen atoms in total. The van der Waals surface area contributed by atoms with Crippen molar-refractivity contribution in [2.45, 2.75) is 6.92 Å². The van der Waals surface area contributed by atoms with Gasteiger partial charge >= 0.3 is 0 Å². The minimum atomic E-state index is -0.213.